The van der Waals surface area contributed by atoms with Crippen molar-refractivity contribution in [1.29, 1.82) is 0 Å². The Morgan fingerprint density at radius 1 is 1.64 bits per heavy atom. The summed E-state index contributed by atoms with van der Waals surface area (Å²) in [4.78, 5) is 0. The molecular formula is C11H11ClFN. The molecule has 74 valence electrons. The number of halogens is 2. The zero-order chi connectivity index (χ0) is 10.6. The van der Waals surface area contributed by atoms with Gasteiger partial charge in [0.1, 0.15) is 5.82 Å². The smallest absolute Gasteiger partial charge is 0.124 e. The van der Waals surface area contributed by atoms with Gasteiger partial charge in [-0.3, -0.25) is 5.32 Å². The molecule has 1 N–H and O–H groups in total. The molecule has 0 heterocycles. The van der Waals surface area contributed by atoms with Crippen molar-refractivity contribution in [3.05, 3.63) is 34.6 Å². The van der Waals surface area contributed by atoms with E-state index in [0.717, 1.165) is 5.56 Å². The monoisotopic (exact) mass is 211 g/mol. The average molecular weight is 212 g/mol. The van der Waals surface area contributed by atoms with Crippen LogP contribution in [0.1, 0.15) is 12.5 Å². The maximum Gasteiger partial charge on any atom is 0.124 e. The number of hydrogen-bond donors (Lipinski definition) is 1. The van der Waals surface area contributed by atoms with Crippen molar-refractivity contribution in [2.75, 3.05) is 0 Å². The Hall–Kier alpha value is -1.04. The minimum atomic E-state index is -0.330. The number of nitrogens with one attached hydrogen (secondary N) is 1. The van der Waals surface area contributed by atoms with E-state index >= 15 is 0 Å². The van der Waals surface area contributed by atoms with Gasteiger partial charge in [0.05, 0.1) is 6.04 Å². The molecule has 0 bridgehead atoms. The highest BCUT2D eigenvalue weighted by Crippen LogP contribution is 2.16. The first kappa shape index (κ1) is 11.0. The molecule has 1 aromatic carbocycles. The number of rotatable bonds is 3. The molecular weight excluding hydrogens is 201 g/mol. The predicted molar refractivity (Wildman–Crippen MR) is 56.5 cm³/mol. The third kappa shape index (κ3) is 3.02. The Labute approximate surface area is 88.3 Å². The summed E-state index contributed by atoms with van der Waals surface area (Å²) in [6.07, 6.45) is 5.19. The minimum Gasteiger partial charge on any atom is -0.300 e. The number of hydrogen-bond acceptors (Lipinski definition) is 1. The molecule has 0 saturated heterocycles. The Bertz CT molecular complexity index is 357. The molecule has 1 nitrogen and oxygen atoms in total. The second-order valence-corrected chi connectivity index (χ2v) is 3.41. The summed E-state index contributed by atoms with van der Waals surface area (Å²) in [5.74, 6) is 2.21. The van der Waals surface area contributed by atoms with E-state index in [9.17, 15) is 4.39 Å². The van der Waals surface area contributed by atoms with E-state index in [1.54, 1.807) is 6.07 Å². The molecule has 14 heavy (non-hydrogen) atoms. The maximum atomic E-state index is 12.7. The summed E-state index contributed by atoms with van der Waals surface area (Å²) in [7, 11) is 0. The third-order valence-electron chi connectivity index (χ3n) is 1.86. The summed E-state index contributed by atoms with van der Waals surface area (Å²) in [5.41, 5.74) is 0.843. The lowest BCUT2D eigenvalue weighted by Gasteiger charge is -2.08. The van der Waals surface area contributed by atoms with Gasteiger partial charge in [-0.05, 0) is 24.6 Å². The van der Waals surface area contributed by atoms with E-state index in [-0.39, 0.29) is 11.9 Å². The topological polar surface area (TPSA) is 12.0 Å². The zero-order valence-corrected chi connectivity index (χ0v) is 8.61. The standard InChI is InChI=1S/C11H11ClFN/c1-3-8(2)14-7-9-4-5-10(13)6-11(9)12/h1,4-6,8,14H,7H2,2H3. The Morgan fingerprint density at radius 3 is 2.93 bits per heavy atom. The van der Waals surface area contributed by atoms with Gasteiger partial charge in [-0.2, -0.15) is 0 Å². The summed E-state index contributed by atoms with van der Waals surface area (Å²) in [6.45, 7) is 2.42. The third-order valence-corrected chi connectivity index (χ3v) is 2.22. The summed E-state index contributed by atoms with van der Waals surface area (Å²) in [6, 6.07) is 4.30. The highest BCUT2D eigenvalue weighted by Gasteiger charge is 2.02. The molecule has 1 aromatic rings. The summed E-state index contributed by atoms with van der Waals surface area (Å²) >= 11 is 5.82. The zero-order valence-electron chi connectivity index (χ0n) is 7.85. The lowest BCUT2D eigenvalue weighted by molar-refractivity contribution is 0.622. The summed E-state index contributed by atoms with van der Waals surface area (Å²) in [5, 5.41) is 3.48. The van der Waals surface area contributed by atoms with Gasteiger partial charge in [-0.1, -0.05) is 23.6 Å². The van der Waals surface area contributed by atoms with Gasteiger partial charge in [0.2, 0.25) is 0 Å². The van der Waals surface area contributed by atoms with Crippen LogP contribution in [0.25, 0.3) is 0 Å². The van der Waals surface area contributed by atoms with E-state index in [4.69, 9.17) is 18.0 Å². The lowest BCUT2D eigenvalue weighted by atomic mass is 10.2. The van der Waals surface area contributed by atoms with Crippen molar-refractivity contribution in [3.63, 3.8) is 0 Å². The van der Waals surface area contributed by atoms with Crippen LogP contribution < -0.4 is 5.32 Å². The second kappa shape index (κ2) is 4.99. The highest BCUT2D eigenvalue weighted by atomic mass is 35.5. The fourth-order valence-corrected chi connectivity index (χ4v) is 1.22. The van der Waals surface area contributed by atoms with Crippen molar-refractivity contribution < 1.29 is 4.39 Å². The molecule has 0 aliphatic heterocycles. The Kier molecular flexibility index (Phi) is 3.94. The molecule has 0 aliphatic carbocycles. The lowest BCUT2D eigenvalue weighted by Crippen LogP contribution is -2.23. The molecule has 0 saturated carbocycles. The molecule has 0 fully saturated rings. The number of benzene rings is 1. The molecule has 0 aliphatic rings. The van der Waals surface area contributed by atoms with Crippen LogP contribution in [0.2, 0.25) is 5.02 Å². The maximum absolute atomic E-state index is 12.7. The van der Waals surface area contributed by atoms with Crippen LogP contribution in [-0.2, 0) is 6.54 Å². The average Bonchev–Trinajstić information content (AvgIpc) is 2.16. The molecule has 1 unspecified atom stereocenters. The normalized spacial score (nSPS) is 12.1. The van der Waals surface area contributed by atoms with Crippen molar-refractivity contribution in [1.82, 2.24) is 5.32 Å². The Morgan fingerprint density at radius 2 is 2.36 bits per heavy atom. The first-order valence-corrected chi connectivity index (χ1v) is 4.64. The van der Waals surface area contributed by atoms with Crippen molar-refractivity contribution in [2.24, 2.45) is 0 Å². The first-order valence-electron chi connectivity index (χ1n) is 4.27. The SMILES string of the molecule is C#CC(C)NCc1ccc(F)cc1Cl. The minimum absolute atomic E-state index is 0.0175. The van der Waals surface area contributed by atoms with Gasteiger partial charge in [0.25, 0.3) is 0 Å². The van der Waals surface area contributed by atoms with E-state index in [1.807, 2.05) is 6.92 Å². The van der Waals surface area contributed by atoms with Crippen LogP contribution in [0.4, 0.5) is 4.39 Å². The highest BCUT2D eigenvalue weighted by molar-refractivity contribution is 6.31. The molecule has 0 radical (unpaired) electrons. The van der Waals surface area contributed by atoms with E-state index in [0.29, 0.717) is 11.6 Å². The van der Waals surface area contributed by atoms with Crippen LogP contribution in [0.5, 0.6) is 0 Å². The van der Waals surface area contributed by atoms with E-state index < -0.39 is 0 Å². The van der Waals surface area contributed by atoms with Gasteiger partial charge in [0, 0.05) is 11.6 Å². The molecule has 1 atom stereocenters. The van der Waals surface area contributed by atoms with Crippen LogP contribution in [-0.4, -0.2) is 6.04 Å². The first-order chi connectivity index (χ1) is 6.63. The van der Waals surface area contributed by atoms with Gasteiger partial charge < -0.3 is 0 Å². The van der Waals surface area contributed by atoms with Crippen LogP contribution in [0.15, 0.2) is 18.2 Å². The second-order valence-electron chi connectivity index (χ2n) is 3.00. The van der Waals surface area contributed by atoms with Gasteiger partial charge in [-0.25, -0.2) is 4.39 Å². The van der Waals surface area contributed by atoms with Crippen LogP contribution >= 0.6 is 11.6 Å². The fourth-order valence-electron chi connectivity index (χ4n) is 0.987. The van der Waals surface area contributed by atoms with Gasteiger partial charge in [0.15, 0.2) is 0 Å². The van der Waals surface area contributed by atoms with Gasteiger partial charge >= 0.3 is 0 Å². The van der Waals surface area contributed by atoms with Crippen LogP contribution in [0, 0.1) is 18.2 Å². The Balaban J connectivity index is 2.64. The predicted octanol–water partition coefficient (Wildman–Crippen LogP) is 2.59. The van der Waals surface area contributed by atoms with Crippen LogP contribution in [0.3, 0.4) is 0 Å². The van der Waals surface area contributed by atoms with Crippen molar-refractivity contribution in [3.8, 4) is 12.3 Å². The van der Waals surface area contributed by atoms with E-state index in [2.05, 4.69) is 11.2 Å². The quantitative estimate of drug-likeness (QED) is 0.758. The fraction of sp³-hybridized carbons (Fsp3) is 0.273. The molecule has 0 aromatic heterocycles. The summed E-state index contributed by atoms with van der Waals surface area (Å²) < 4.78 is 12.7. The van der Waals surface area contributed by atoms with Crippen molar-refractivity contribution in [2.45, 2.75) is 19.5 Å². The van der Waals surface area contributed by atoms with Crippen molar-refractivity contribution >= 4 is 11.6 Å². The largest absolute Gasteiger partial charge is 0.300 e. The number of terminal acetylenes is 1. The van der Waals surface area contributed by atoms with E-state index in [1.165, 1.54) is 12.1 Å². The molecule has 1 rings (SSSR count). The molecule has 3 heteroatoms. The molecule has 0 spiro atoms. The molecule has 0 amide bonds. The van der Waals surface area contributed by atoms with Gasteiger partial charge in [-0.15, -0.1) is 6.42 Å².